The Kier molecular flexibility index (Phi) is 8.32. The van der Waals surface area contributed by atoms with Crippen molar-refractivity contribution in [3.05, 3.63) is 71.8 Å². The van der Waals surface area contributed by atoms with E-state index in [1.165, 1.54) is 39.6 Å². The molecule has 0 atom stereocenters. The van der Waals surface area contributed by atoms with Gasteiger partial charge in [-0.15, -0.1) is 0 Å². The average Bonchev–Trinajstić information content (AvgIpc) is 3.22. The molecule has 4 rings (SSSR count). The Hall–Kier alpha value is -2.47. The molecular weight excluding hydrogens is 424 g/mol. The van der Waals surface area contributed by atoms with Crippen LogP contribution >= 0.6 is 11.3 Å². The standard InChI is InChI=1S/C28H37N4S/c1-4-17-32-26-9-7-8-10-27(26)33-28(32)16-13-24-11-14-25(15-12-24)31-22-20-30(21-23-31)19-18-29(5-2)6-3/h4,7-16H,1,5-6,17-23H2,2-3H3/q+1. The number of nitrogens with zero attached hydrogens (tertiary/aromatic N) is 4. The molecule has 0 amide bonds. The molecule has 0 saturated carbocycles. The number of thiazole rings is 1. The van der Waals surface area contributed by atoms with Crippen LogP contribution in [0.5, 0.6) is 0 Å². The molecule has 1 saturated heterocycles. The molecule has 0 bridgehead atoms. The van der Waals surface area contributed by atoms with Crippen molar-refractivity contribution in [2.75, 3.05) is 57.3 Å². The summed E-state index contributed by atoms with van der Waals surface area (Å²) in [5.74, 6) is 0. The Balaban J connectivity index is 1.36. The number of fused-ring (bicyclic) bond motifs is 1. The molecule has 0 radical (unpaired) electrons. The van der Waals surface area contributed by atoms with Crippen molar-refractivity contribution >= 4 is 39.4 Å². The molecule has 1 aliphatic rings. The van der Waals surface area contributed by atoms with Gasteiger partial charge in [0.2, 0.25) is 5.52 Å². The molecule has 0 unspecified atom stereocenters. The Morgan fingerprint density at radius 1 is 0.970 bits per heavy atom. The summed E-state index contributed by atoms with van der Waals surface area (Å²) in [6.45, 7) is 18.4. The van der Waals surface area contributed by atoms with E-state index in [2.05, 4.69) is 100 Å². The third-order valence-corrected chi connectivity index (χ3v) is 7.75. The summed E-state index contributed by atoms with van der Waals surface area (Å²) >= 11 is 1.83. The van der Waals surface area contributed by atoms with Crippen LogP contribution in [0.2, 0.25) is 0 Å². The third kappa shape index (κ3) is 5.91. The summed E-state index contributed by atoms with van der Waals surface area (Å²) in [7, 11) is 0. The Labute approximate surface area is 203 Å². The lowest BCUT2D eigenvalue weighted by Gasteiger charge is -2.37. The summed E-state index contributed by atoms with van der Waals surface area (Å²) in [6.07, 6.45) is 6.42. The van der Waals surface area contributed by atoms with Gasteiger partial charge in [-0.05, 0) is 49.0 Å². The van der Waals surface area contributed by atoms with Crippen molar-refractivity contribution in [2.24, 2.45) is 0 Å². The maximum absolute atomic E-state index is 3.94. The second-order valence-corrected chi connectivity index (χ2v) is 9.65. The van der Waals surface area contributed by atoms with Gasteiger partial charge in [-0.25, -0.2) is 0 Å². The van der Waals surface area contributed by atoms with Gasteiger partial charge in [-0.3, -0.25) is 4.90 Å². The maximum Gasteiger partial charge on any atom is 0.263 e. The lowest BCUT2D eigenvalue weighted by Crippen LogP contribution is -2.48. The molecule has 4 nitrogen and oxygen atoms in total. The highest BCUT2D eigenvalue weighted by Gasteiger charge is 2.18. The molecule has 1 aromatic heterocycles. The Bertz CT molecular complexity index is 1060. The van der Waals surface area contributed by atoms with Gasteiger partial charge in [0.05, 0.1) is 0 Å². The zero-order chi connectivity index (χ0) is 23.0. The number of benzene rings is 2. The first-order valence-electron chi connectivity index (χ1n) is 12.2. The van der Waals surface area contributed by atoms with Crippen LogP contribution in [0.1, 0.15) is 24.4 Å². The number of allylic oxidation sites excluding steroid dienone is 1. The monoisotopic (exact) mass is 461 g/mol. The zero-order valence-corrected chi connectivity index (χ0v) is 20.9. The van der Waals surface area contributed by atoms with E-state index in [0.29, 0.717) is 0 Å². The number of hydrogen-bond acceptors (Lipinski definition) is 4. The van der Waals surface area contributed by atoms with E-state index in [1.54, 1.807) is 0 Å². The summed E-state index contributed by atoms with van der Waals surface area (Å²) in [6, 6.07) is 17.6. The summed E-state index contributed by atoms with van der Waals surface area (Å²) in [5.41, 5.74) is 3.84. The van der Waals surface area contributed by atoms with Crippen LogP contribution < -0.4 is 9.47 Å². The fourth-order valence-electron chi connectivity index (χ4n) is 4.51. The van der Waals surface area contributed by atoms with E-state index in [0.717, 1.165) is 45.8 Å². The second kappa shape index (κ2) is 11.6. The first-order chi connectivity index (χ1) is 16.2. The van der Waals surface area contributed by atoms with Crippen molar-refractivity contribution in [3.8, 4) is 0 Å². The molecule has 2 heterocycles. The molecule has 2 aromatic carbocycles. The van der Waals surface area contributed by atoms with Crippen LogP contribution in [-0.4, -0.2) is 62.2 Å². The van der Waals surface area contributed by atoms with Crippen LogP contribution in [0.4, 0.5) is 5.69 Å². The highest BCUT2D eigenvalue weighted by molar-refractivity contribution is 7.18. The van der Waals surface area contributed by atoms with E-state index >= 15 is 0 Å². The van der Waals surface area contributed by atoms with Gasteiger partial charge in [-0.1, -0.05) is 56.0 Å². The minimum Gasteiger partial charge on any atom is -0.369 e. The quantitative estimate of drug-likeness (QED) is 0.311. The van der Waals surface area contributed by atoms with E-state index in [-0.39, 0.29) is 0 Å². The molecule has 33 heavy (non-hydrogen) atoms. The summed E-state index contributed by atoms with van der Waals surface area (Å²) < 4.78 is 3.64. The maximum atomic E-state index is 3.94. The number of piperazine rings is 1. The fourth-order valence-corrected chi connectivity index (χ4v) is 5.58. The highest BCUT2D eigenvalue weighted by atomic mass is 32.1. The van der Waals surface area contributed by atoms with E-state index < -0.39 is 0 Å². The van der Waals surface area contributed by atoms with Gasteiger partial charge >= 0.3 is 0 Å². The fraction of sp³-hybridized carbons (Fsp3) is 0.393. The van der Waals surface area contributed by atoms with E-state index in [1.807, 2.05) is 17.4 Å². The molecule has 5 heteroatoms. The number of rotatable bonds is 10. The first kappa shape index (κ1) is 23.7. The van der Waals surface area contributed by atoms with Crippen LogP contribution in [0.15, 0.2) is 61.2 Å². The number of aromatic nitrogens is 1. The largest absolute Gasteiger partial charge is 0.369 e. The van der Waals surface area contributed by atoms with Crippen LogP contribution in [-0.2, 0) is 6.54 Å². The normalized spacial score (nSPS) is 15.2. The molecular formula is C28H37N4S+. The molecule has 0 spiro atoms. The second-order valence-electron chi connectivity index (χ2n) is 8.59. The lowest BCUT2D eigenvalue weighted by molar-refractivity contribution is -0.658. The van der Waals surface area contributed by atoms with Crippen molar-refractivity contribution in [2.45, 2.75) is 20.4 Å². The molecule has 0 aliphatic carbocycles. The SMILES string of the molecule is C=CC[n+]1c(/C=C/c2ccc(N3CCN(CCN(CC)CC)CC3)cc2)sc2ccccc21. The highest BCUT2D eigenvalue weighted by Crippen LogP contribution is 2.23. The average molecular weight is 462 g/mol. The predicted octanol–water partition coefficient (Wildman–Crippen LogP) is 5.01. The summed E-state index contributed by atoms with van der Waals surface area (Å²) in [5, 5.41) is 1.25. The number of likely N-dealkylation sites (N-methyl/N-ethyl adjacent to an activating group) is 1. The molecule has 1 fully saturated rings. The first-order valence-corrected chi connectivity index (χ1v) is 13.0. The van der Waals surface area contributed by atoms with Crippen LogP contribution in [0, 0.1) is 0 Å². The van der Waals surface area contributed by atoms with Gasteiger partial charge in [0.1, 0.15) is 4.70 Å². The number of anilines is 1. The third-order valence-electron chi connectivity index (χ3n) is 6.62. The van der Waals surface area contributed by atoms with E-state index in [9.17, 15) is 0 Å². The van der Waals surface area contributed by atoms with Gasteiger partial charge in [0.15, 0.2) is 6.54 Å². The van der Waals surface area contributed by atoms with Crippen molar-refractivity contribution in [3.63, 3.8) is 0 Å². The smallest absolute Gasteiger partial charge is 0.263 e. The van der Waals surface area contributed by atoms with Crippen LogP contribution in [0.3, 0.4) is 0 Å². The van der Waals surface area contributed by atoms with Gasteiger partial charge in [0, 0.05) is 57.1 Å². The van der Waals surface area contributed by atoms with Crippen LogP contribution in [0.25, 0.3) is 22.4 Å². The minimum atomic E-state index is 0.823. The van der Waals surface area contributed by atoms with Gasteiger partial charge in [0.25, 0.3) is 5.01 Å². The number of para-hydroxylation sites is 1. The van der Waals surface area contributed by atoms with E-state index in [4.69, 9.17) is 0 Å². The topological polar surface area (TPSA) is 13.6 Å². The zero-order valence-electron chi connectivity index (χ0n) is 20.1. The molecule has 3 aromatic rings. The van der Waals surface area contributed by atoms with Crippen molar-refractivity contribution in [1.29, 1.82) is 0 Å². The Morgan fingerprint density at radius 3 is 2.39 bits per heavy atom. The summed E-state index contributed by atoms with van der Waals surface area (Å²) in [4.78, 5) is 7.64. The number of hydrogen-bond donors (Lipinski definition) is 0. The lowest BCUT2D eigenvalue weighted by atomic mass is 10.1. The van der Waals surface area contributed by atoms with Gasteiger partial charge in [-0.2, -0.15) is 4.57 Å². The minimum absolute atomic E-state index is 0.823. The van der Waals surface area contributed by atoms with Gasteiger partial charge < -0.3 is 9.80 Å². The van der Waals surface area contributed by atoms with Crippen molar-refractivity contribution in [1.82, 2.24) is 9.80 Å². The predicted molar refractivity (Wildman–Crippen MR) is 144 cm³/mol. The molecule has 174 valence electrons. The molecule has 0 N–H and O–H groups in total. The Morgan fingerprint density at radius 2 is 1.70 bits per heavy atom. The molecule has 1 aliphatic heterocycles. The van der Waals surface area contributed by atoms with Crippen molar-refractivity contribution < 1.29 is 4.57 Å².